The van der Waals surface area contributed by atoms with Gasteiger partial charge in [0.2, 0.25) is 5.91 Å². The van der Waals surface area contributed by atoms with Crippen LogP contribution in [0.4, 0.5) is 0 Å². The highest BCUT2D eigenvalue weighted by Gasteiger charge is 2.13. The van der Waals surface area contributed by atoms with Crippen LogP contribution in [0.3, 0.4) is 0 Å². The van der Waals surface area contributed by atoms with Gasteiger partial charge in [-0.15, -0.1) is 0 Å². The van der Waals surface area contributed by atoms with Crippen molar-refractivity contribution in [3.05, 3.63) is 35.9 Å². The van der Waals surface area contributed by atoms with Crippen molar-refractivity contribution < 1.29 is 4.79 Å². The van der Waals surface area contributed by atoms with Crippen LogP contribution >= 0.6 is 0 Å². The lowest BCUT2D eigenvalue weighted by atomic mass is 10.2. The van der Waals surface area contributed by atoms with Crippen molar-refractivity contribution in [2.24, 2.45) is 0 Å². The van der Waals surface area contributed by atoms with Crippen molar-refractivity contribution >= 4 is 5.91 Å². The van der Waals surface area contributed by atoms with Crippen LogP contribution in [0.25, 0.3) is 0 Å². The molecule has 100 valence electrons. The number of nitrogens with zero attached hydrogens (tertiary/aromatic N) is 1. The summed E-state index contributed by atoms with van der Waals surface area (Å²) in [5.41, 5.74) is 1.24. The molecule has 18 heavy (non-hydrogen) atoms. The molecule has 1 rings (SSSR count). The number of carbonyl (C=O) groups excluding carboxylic acids is 1. The van der Waals surface area contributed by atoms with E-state index >= 15 is 0 Å². The Balaban J connectivity index is 2.53. The van der Waals surface area contributed by atoms with Gasteiger partial charge < -0.3 is 5.32 Å². The second kappa shape index (κ2) is 7.88. The molecule has 0 fully saturated rings. The zero-order valence-electron chi connectivity index (χ0n) is 11.6. The van der Waals surface area contributed by atoms with Gasteiger partial charge in [0.25, 0.3) is 0 Å². The average molecular weight is 248 g/mol. The summed E-state index contributed by atoms with van der Waals surface area (Å²) in [4.78, 5) is 13.9. The third kappa shape index (κ3) is 5.32. The summed E-state index contributed by atoms with van der Waals surface area (Å²) < 4.78 is 0. The lowest BCUT2D eigenvalue weighted by molar-refractivity contribution is -0.122. The van der Waals surface area contributed by atoms with Crippen molar-refractivity contribution in [1.29, 1.82) is 0 Å². The first-order chi connectivity index (χ1) is 8.63. The topological polar surface area (TPSA) is 32.3 Å². The molecular weight excluding hydrogens is 224 g/mol. The molecule has 0 heterocycles. The van der Waals surface area contributed by atoms with E-state index in [0.29, 0.717) is 12.6 Å². The number of benzene rings is 1. The Hall–Kier alpha value is -1.35. The van der Waals surface area contributed by atoms with Gasteiger partial charge in [0.05, 0.1) is 6.54 Å². The maximum Gasteiger partial charge on any atom is 0.234 e. The lowest BCUT2D eigenvalue weighted by Gasteiger charge is -2.25. The highest BCUT2D eigenvalue weighted by atomic mass is 16.2. The molecule has 0 aromatic heterocycles. The highest BCUT2D eigenvalue weighted by molar-refractivity contribution is 5.78. The second-order valence-electron chi connectivity index (χ2n) is 4.83. The van der Waals surface area contributed by atoms with Gasteiger partial charge in [-0.1, -0.05) is 37.3 Å². The number of hydrogen-bond acceptors (Lipinski definition) is 2. The van der Waals surface area contributed by atoms with Crippen LogP contribution in [0.2, 0.25) is 0 Å². The average Bonchev–Trinajstić information content (AvgIpc) is 2.36. The first-order valence-electron chi connectivity index (χ1n) is 6.68. The molecule has 1 N–H and O–H groups in total. The molecule has 0 bridgehead atoms. The van der Waals surface area contributed by atoms with Crippen LogP contribution < -0.4 is 5.32 Å². The van der Waals surface area contributed by atoms with Crippen LogP contribution in [0.5, 0.6) is 0 Å². The van der Waals surface area contributed by atoms with Crippen molar-refractivity contribution in [2.45, 2.75) is 39.8 Å². The summed E-state index contributed by atoms with van der Waals surface area (Å²) in [6.45, 7) is 8.34. The van der Waals surface area contributed by atoms with Crippen LogP contribution in [0.15, 0.2) is 30.3 Å². The smallest absolute Gasteiger partial charge is 0.234 e. The Morgan fingerprint density at radius 3 is 2.50 bits per heavy atom. The molecule has 3 nitrogen and oxygen atoms in total. The third-order valence-corrected chi connectivity index (χ3v) is 2.88. The van der Waals surface area contributed by atoms with Gasteiger partial charge >= 0.3 is 0 Å². The van der Waals surface area contributed by atoms with Gasteiger partial charge in [0, 0.05) is 19.1 Å². The fourth-order valence-electron chi connectivity index (χ4n) is 1.74. The summed E-state index contributed by atoms with van der Waals surface area (Å²) in [7, 11) is 0. The van der Waals surface area contributed by atoms with Crippen LogP contribution in [-0.4, -0.2) is 29.9 Å². The van der Waals surface area contributed by atoms with E-state index in [4.69, 9.17) is 0 Å². The zero-order valence-corrected chi connectivity index (χ0v) is 11.6. The van der Waals surface area contributed by atoms with E-state index < -0.39 is 0 Å². The summed E-state index contributed by atoms with van der Waals surface area (Å²) in [6.07, 6.45) is 0.978. The fraction of sp³-hybridized carbons (Fsp3) is 0.533. The Labute approximate surface area is 110 Å². The van der Waals surface area contributed by atoms with Gasteiger partial charge in [-0.25, -0.2) is 0 Å². The van der Waals surface area contributed by atoms with Crippen molar-refractivity contribution in [1.82, 2.24) is 10.2 Å². The Kier molecular flexibility index (Phi) is 6.44. The Bertz CT molecular complexity index is 349. The Morgan fingerprint density at radius 2 is 1.94 bits per heavy atom. The second-order valence-corrected chi connectivity index (χ2v) is 4.83. The number of carbonyl (C=O) groups is 1. The number of hydrogen-bond donors (Lipinski definition) is 1. The molecule has 0 atom stereocenters. The van der Waals surface area contributed by atoms with E-state index in [1.54, 1.807) is 0 Å². The monoisotopic (exact) mass is 248 g/mol. The summed E-state index contributed by atoms with van der Waals surface area (Å²) >= 11 is 0. The molecule has 3 heteroatoms. The van der Waals surface area contributed by atoms with E-state index in [-0.39, 0.29) is 5.91 Å². The molecule has 0 unspecified atom stereocenters. The minimum Gasteiger partial charge on any atom is -0.355 e. The molecule has 0 aliphatic carbocycles. The van der Waals surface area contributed by atoms with Crippen molar-refractivity contribution in [3.63, 3.8) is 0 Å². The van der Waals surface area contributed by atoms with E-state index in [1.165, 1.54) is 5.56 Å². The largest absolute Gasteiger partial charge is 0.355 e. The van der Waals surface area contributed by atoms with Crippen molar-refractivity contribution in [2.75, 3.05) is 13.1 Å². The lowest BCUT2D eigenvalue weighted by Crippen LogP contribution is -2.40. The predicted octanol–water partition coefficient (Wildman–Crippen LogP) is 2.42. The van der Waals surface area contributed by atoms with Gasteiger partial charge in [-0.2, -0.15) is 0 Å². The zero-order chi connectivity index (χ0) is 13.4. The summed E-state index contributed by atoms with van der Waals surface area (Å²) in [5.74, 6) is 0.112. The summed E-state index contributed by atoms with van der Waals surface area (Å²) in [5, 5.41) is 2.92. The van der Waals surface area contributed by atoms with E-state index in [9.17, 15) is 4.79 Å². The van der Waals surface area contributed by atoms with E-state index in [2.05, 4.69) is 43.1 Å². The van der Waals surface area contributed by atoms with Gasteiger partial charge in [0.15, 0.2) is 0 Å². The molecule has 0 radical (unpaired) electrons. The molecule has 1 amide bonds. The van der Waals surface area contributed by atoms with Crippen LogP contribution in [0.1, 0.15) is 32.8 Å². The van der Waals surface area contributed by atoms with Gasteiger partial charge in [0.1, 0.15) is 0 Å². The quantitative estimate of drug-likeness (QED) is 0.803. The van der Waals surface area contributed by atoms with E-state index in [0.717, 1.165) is 19.5 Å². The first-order valence-corrected chi connectivity index (χ1v) is 6.68. The maximum absolute atomic E-state index is 11.8. The number of nitrogens with one attached hydrogen (secondary N) is 1. The molecule has 0 aliphatic heterocycles. The molecule has 1 aromatic rings. The first kappa shape index (κ1) is 14.7. The summed E-state index contributed by atoms with van der Waals surface area (Å²) in [6, 6.07) is 10.6. The fourth-order valence-corrected chi connectivity index (χ4v) is 1.74. The van der Waals surface area contributed by atoms with Gasteiger partial charge in [-0.3, -0.25) is 9.69 Å². The molecule has 0 saturated carbocycles. The molecule has 0 saturated heterocycles. The molecule has 0 spiro atoms. The molecular formula is C15H24N2O. The number of rotatable bonds is 7. The van der Waals surface area contributed by atoms with E-state index in [1.807, 2.05) is 18.2 Å². The van der Waals surface area contributed by atoms with Crippen LogP contribution in [0, 0.1) is 0 Å². The minimum absolute atomic E-state index is 0.112. The number of amides is 1. The van der Waals surface area contributed by atoms with Crippen molar-refractivity contribution in [3.8, 4) is 0 Å². The minimum atomic E-state index is 0.112. The Morgan fingerprint density at radius 1 is 1.28 bits per heavy atom. The highest BCUT2D eigenvalue weighted by Crippen LogP contribution is 2.07. The molecule has 1 aromatic carbocycles. The maximum atomic E-state index is 11.8. The normalized spacial score (nSPS) is 10.9. The molecule has 0 aliphatic rings. The standard InChI is InChI=1S/C15H24N2O/c1-4-10-16-15(18)12-17(13(2)3)11-14-8-6-5-7-9-14/h5-9,13H,4,10-12H2,1-3H3,(H,16,18). The van der Waals surface area contributed by atoms with Gasteiger partial charge in [-0.05, 0) is 25.8 Å². The SMILES string of the molecule is CCCNC(=O)CN(Cc1ccccc1)C(C)C. The predicted molar refractivity (Wildman–Crippen MR) is 75.3 cm³/mol. The third-order valence-electron chi connectivity index (χ3n) is 2.88. The van der Waals surface area contributed by atoms with Crippen LogP contribution in [-0.2, 0) is 11.3 Å².